The number of aromatic nitrogens is 2. The van der Waals surface area contributed by atoms with Crippen molar-refractivity contribution in [3.8, 4) is 11.3 Å². The minimum atomic E-state index is -4.74. The molecule has 1 aromatic heterocycles. The van der Waals surface area contributed by atoms with Crippen molar-refractivity contribution in [1.29, 1.82) is 0 Å². The largest absolute Gasteiger partial charge is 0.402 e. The number of sulfonamides is 1. The molecule has 0 radical (unpaired) electrons. The first-order valence-electron chi connectivity index (χ1n) is 8.93. The molecule has 3 aromatic rings. The van der Waals surface area contributed by atoms with Gasteiger partial charge in [-0.25, -0.2) is 13.1 Å². The molecule has 1 heterocycles. The molecule has 4 N–H and O–H groups in total. The Morgan fingerprint density at radius 2 is 1.62 bits per heavy atom. The fraction of sp³-hybridized carbons (Fsp3) is 0.105. The number of hydrogen-bond acceptors (Lipinski definition) is 5. The van der Waals surface area contributed by atoms with E-state index in [1.807, 2.05) is 6.07 Å². The minimum absolute atomic E-state index is 0.0526. The van der Waals surface area contributed by atoms with Crippen LogP contribution in [0.1, 0.15) is 20.8 Å². The van der Waals surface area contributed by atoms with E-state index in [-0.39, 0.29) is 11.3 Å². The first-order chi connectivity index (χ1) is 15.0. The van der Waals surface area contributed by atoms with E-state index in [9.17, 15) is 31.2 Å². The van der Waals surface area contributed by atoms with Gasteiger partial charge in [0.1, 0.15) is 12.2 Å². The minimum Gasteiger partial charge on any atom is -0.272 e. The number of rotatable bonds is 6. The van der Waals surface area contributed by atoms with Gasteiger partial charge in [0.15, 0.2) is 0 Å². The summed E-state index contributed by atoms with van der Waals surface area (Å²) in [5.41, 5.74) is 5.37. The van der Waals surface area contributed by atoms with Gasteiger partial charge < -0.3 is 0 Å². The summed E-state index contributed by atoms with van der Waals surface area (Å²) in [6.07, 6.45) is -4.74. The van der Waals surface area contributed by atoms with Crippen molar-refractivity contribution in [2.45, 2.75) is 11.1 Å². The molecular formula is C19H16F3N5O4S. The van der Waals surface area contributed by atoms with Crippen LogP contribution in [0, 0.1) is 0 Å². The molecule has 9 nitrogen and oxygen atoms in total. The third kappa shape index (κ3) is 5.92. The van der Waals surface area contributed by atoms with Crippen LogP contribution >= 0.6 is 0 Å². The van der Waals surface area contributed by atoms with Crippen LogP contribution in [0.25, 0.3) is 11.3 Å². The zero-order valence-electron chi connectivity index (χ0n) is 16.1. The molecule has 0 aliphatic heterocycles. The highest BCUT2D eigenvalue weighted by Crippen LogP contribution is 2.17. The molecule has 0 aliphatic carbocycles. The molecule has 32 heavy (non-hydrogen) atoms. The van der Waals surface area contributed by atoms with Crippen LogP contribution < -0.4 is 15.6 Å². The van der Waals surface area contributed by atoms with E-state index in [0.29, 0.717) is 5.69 Å². The van der Waals surface area contributed by atoms with E-state index in [1.165, 1.54) is 22.9 Å². The standard InChI is InChI=1S/C19H16F3N5O4S/c20-19(21,22)11-23-32(30,31)14-8-4-7-13(9-14)17(28)26-27-18(29)16-10-15(24-25-16)12-5-2-1-3-6-12/h1-10,23H,11H2,(H,24,25)(H,26,28)(H,27,29). The van der Waals surface area contributed by atoms with Crippen molar-refractivity contribution in [3.05, 3.63) is 71.9 Å². The van der Waals surface area contributed by atoms with E-state index in [0.717, 1.165) is 17.7 Å². The molecule has 2 aromatic carbocycles. The van der Waals surface area contributed by atoms with Crippen molar-refractivity contribution >= 4 is 21.8 Å². The Kier molecular flexibility index (Phi) is 6.60. The third-order valence-electron chi connectivity index (χ3n) is 4.05. The predicted molar refractivity (Wildman–Crippen MR) is 107 cm³/mol. The van der Waals surface area contributed by atoms with Gasteiger partial charge in [-0.1, -0.05) is 36.4 Å². The van der Waals surface area contributed by atoms with E-state index in [2.05, 4.69) is 21.0 Å². The second kappa shape index (κ2) is 9.20. The monoisotopic (exact) mass is 467 g/mol. The second-order valence-corrected chi connectivity index (χ2v) is 8.18. The quantitative estimate of drug-likeness (QED) is 0.412. The maximum Gasteiger partial charge on any atom is 0.402 e. The highest BCUT2D eigenvalue weighted by Gasteiger charge is 2.30. The van der Waals surface area contributed by atoms with Gasteiger partial charge in [-0.2, -0.15) is 18.3 Å². The summed E-state index contributed by atoms with van der Waals surface area (Å²) >= 11 is 0. The number of benzene rings is 2. The maximum atomic E-state index is 12.3. The zero-order chi connectivity index (χ0) is 23.4. The molecule has 0 aliphatic rings. The number of halogens is 3. The van der Waals surface area contributed by atoms with Crippen LogP contribution in [0.4, 0.5) is 13.2 Å². The van der Waals surface area contributed by atoms with E-state index in [1.54, 1.807) is 24.3 Å². The van der Waals surface area contributed by atoms with E-state index >= 15 is 0 Å². The Balaban J connectivity index is 1.63. The first kappa shape index (κ1) is 23.0. The van der Waals surface area contributed by atoms with Gasteiger partial charge in [0.05, 0.1) is 10.6 Å². The molecular weight excluding hydrogens is 451 g/mol. The van der Waals surface area contributed by atoms with Gasteiger partial charge in [-0.15, -0.1) is 0 Å². The molecule has 0 saturated carbocycles. The highest BCUT2D eigenvalue weighted by molar-refractivity contribution is 7.89. The lowest BCUT2D eigenvalue weighted by Crippen LogP contribution is -2.41. The number of aromatic amines is 1. The van der Waals surface area contributed by atoms with Crippen LogP contribution in [-0.2, 0) is 10.0 Å². The third-order valence-corrected chi connectivity index (χ3v) is 5.45. The van der Waals surface area contributed by atoms with Gasteiger partial charge in [0, 0.05) is 11.1 Å². The van der Waals surface area contributed by atoms with E-state index < -0.39 is 39.5 Å². The molecule has 168 valence electrons. The Bertz CT molecular complexity index is 1230. The number of amides is 2. The summed E-state index contributed by atoms with van der Waals surface area (Å²) in [7, 11) is -4.50. The molecule has 0 unspecified atom stereocenters. The molecule has 3 rings (SSSR count). The maximum absolute atomic E-state index is 12.3. The molecule has 13 heteroatoms. The SMILES string of the molecule is O=C(NNC(=O)c1cc(-c2ccccc2)n[nH]1)c1cccc(S(=O)(=O)NCC(F)(F)F)c1. The smallest absolute Gasteiger partial charge is 0.272 e. The average molecular weight is 467 g/mol. The van der Waals surface area contributed by atoms with Gasteiger partial charge >= 0.3 is 6.18 Å². The van der Waals surface area contributed by atoms with Crippen molar-refractivity contribution < 1.29 is 31.2 Å². The average Bonchev–Trinajstić information content (AvgIpc) is 3.27. The van der Waals surface area contributed by atoms with Crippen molar-refractivity contribution in [1.82, 2.24) is 25.8 Å². The van der Waals surface area contributed by atoms with Gasteiger partial charge in [-0.05, 0) is 24.3 Å². The van der Waals surface area contributed by atoms with Crippen molar-refractivity contribution in [2.24, 2.45) is 0 Å². The summed E-state index contributed by atoms with van der Waals surface area (Å²) in [4.78, 5) is 23.9. The summed E-state index contributed by atoms with van der Waals surface area (Å²) < 4.78 is 62.3. The number of alkyl halides is 3. The number of carbonyl (C=O) groups is 2. The molecule has 0 saturated heterocycles. The van der Waals surface area contributed by atoms with Crippen LogP contribution in [0.2, 0.25) is 0 Å². The number of carbonyl (C=O) groups excluding carboxylic acids is 2. The van der Waals surface area contributed by atoms with Crippen LogP contribution in [-0.4, -0.2) is 43.2 Å². The molecule has 2 amide bonds. The van der Waals surface area contributed by atoms with Crippen molar-refractivity contribution in [3.63, 3.8) is 0 Å². The molecule has 0 fully saturated rings. The Labute approximate surface area is 180 Å². The Morgan fingerprint density at radius 3 is 2.31 bits per heavy atom. The summed E-state index contributed by atoms with van der Waals surface area (Å²) in [6, 6.07) is 14.8. The van der Waals surface area contributed by atoms with Crippen LogP contribution in [0.3, 0.4) is 0 Å². The van der Waals surface area contributed by atoms with Crippen LogP contribution in [0.5, 0.6) is 0 Å². The Hall–Kier alpha value is -3.71. The number of hydrazine groups is 1. The van der Waals surface area contributed by atoms with Crippen molar-refractivity contribution in [2.75, 3.05) is 6.54 Å². The zero-order valence-corrected chi connectivity index (χ0v) is 16.9. The van der Waals surface area contributed by atoms with Gasteiger partial charge in [-0.3, -0.25) is 25.5 Å². The summed E-state index contributed by atoms with van der Waals surface area (Å²) in [5.74, 6) is -1.60. The second-order valence-electron chi connectivity index (χ2n) is 6.41. The number of hydrogen-bond donors (Lipinski definition) is 4. The number of nitrogens with one attached hydrogen (secondary N) is 4. The fourth-order valence-electron chi connectivity index (χ4n) is 2.51. The summed E-state index contributed by atoms with van der Waals surface area (Å²) in [6.45, 7) is -1.75. The highest BCUT2D eigenvalue weighted by atomic mass is 32.2. The lowest BCUT2D eigenvalue weighted by Gasteiger charge is -2.10. The summed E-state index contributed by atoms with van der Waals surface area (Å²) in [5, 5.41) is 6.54. The van der Waals surface area contributed by atoms with Gasteiger partial charge in [0.2, 0.25) is 10.0 Å². The molecule has 0 spiro atoms. The topological polar surface area (TPSA) is 133 Å². The normalized spacial score (nSPS) is 11.7. The van der Waals surface area contributed by atoms with E-state index in [4.69, 9.17) is 0 Å². The van der Waals surface area contributed by atoms with Crippen LogP contribution in [0.15, 0.2) is 65.6 Å². The number of H-pyrrole nitrogens is 1. The molecule has 0 atom stereocenters. The fourth-order valence-corrected chi connectivity index (χ4v) is 3.57. The first-order valence-corrected chi connectivity index (χ1v) is 10.4. The molecule has 0 bridgehead atoms. The predicted octanol–water partition coefficient (Wildman–Crippen LogP) is 1.99. The lowest BCUT2D eigenvalue weighted by atomic mass is 10.1. The van der Waals surface area contributed by atoms with Gasteiger partial charge in [0.25, 0.3) is 11.8 Å². The Morgan fingerprint density at radius 1 is 0.938 bits per heavy atom. The lowest BCUT2D eigenvalue weighted by molar-refractivity contribution is -0.121. The number of nitrogens with zero attached hydrogens (tertiary/aromatic N) is 1.